The Hall–Kier alpha value is -0.860. The Balaban J connectivity index is 2.46. The molecule has 0 aliphatic heterocycles. The van der Waals surface area contributed by atoms with E-state index in [-0.39, 0.29) is 6.04 Å². The molecule has 1 aromatic rings. The number of aryl methyl sites for hydroxylation is 1. The Kier molecular flexibility index (Phi) is 5.50. The van der Waals surface area contributed by atoms with Crippen LogP contribution in [0.3, 0.4) is 0 Å². The molecule has 0 radical (unpaired) electrons. The van der Waals surface area contributed by atoms with Crippen LogP contribution in [0, 0.1) is 6.92 Å². The fraction of sp³-hybridized carbons (Fsp3) is 0.571. The minimum Gasteiger partial charge on any atom is -0.324 e. The summed E-state index contributed by atoms with van der Waals surface area (Å²) in [6.45, 7) is 9.79. The highest BCUT2D eigenvalue weighted by Gasteiger charge is 2.07. The first-order valence-electron chi connectivity index (χ1n) is 6.21. The molecule has 1 aromatic carbocycles. The SMILES string of the molecule is CCN(CC)CCC(N)c1ccc(C)cc1. The second-order valence-electron chi connectivity index (χ2n) is 4.33. The lowest BCUT2D eigenvalue weighted by Gasteiger charge is -2.20. The third kappa shape index (κ3) is 3.95. The molecule has 16 heavy (non-hydrogen) atoms. The monoisotopic (exact) mass is 220 g/mol. The average Bonchev–Trinajstić information content (AvgIpc) is 2.31. The molecule has 2 heteroatoms. The van der Waals surface area contributed by atoms with Gasteiger partial charge < -0.3 is 10.6 Å². The van der Waals surface area contributed by atoms with Gasteiger partial charge in [0.15, 0.2) is 0 Å². The lowest BCUT2D eigenvalue weighted by molar-refractivity contribution is 0.291. The van der Waals surface area contributed by atoms with E-state index in [1.54, 1.807) is 0 Å². The first-order chi connectivity index (χ1) is 7.67. The summed E-state index contributed by atoms with van der Waals surface area (Å²) in [6, 6.07) is 8.71. The average molecular weight is 220 g/mol. The Morgan fingerprint density at radius 1 is 1.12 bits per heavy atom. The summed E-state index contributed by atoms with van der Waals surface area (Å²) in [6.07, 6.45) is 1.03. The first-order valence-corrected chi connectivity index (χ1v) is 6.21. The molecule has 0 bridgehead atoms. The van der Waals surface area contributed by atoms with Crippen LogP contribution >= 0.6 is 0 Å². The van der Waals surface area contributed by atoms with E-state index in [2.05, 4.69) is 49.9 Å². The maximum Gasteiger partial charge on any atom is 0.0307 e. The van der Waals surface area contributed by atoms with Crippen LogP contribution in [-0.2, 0) is 0 Å². The molecule has 0 aliphatic rings. The van der Waals surface area contributed by atoms with E-state index >= 15 is 0 Å². The molecule has 0 heterocycles. The molecule has 2 nitrogen and oxygen atoms in total. The van der Waals surface area contributed by atoms with Gasteiger partial charge in [0.1, 0.15) is 0 Å². The van der Waals surface area contributed by atoms with Crippen LogP contribution in [0.2, 0.25) is 0 Å². The van der Waals surface area contributed by atoms with E-state index in [0.29, 0.717) is 0 Å². The van der Waals surface area contributed by atoms with Crippen molar-refractivity contribution in [3.8, 4) is 0 Å². The van der Waals surface area contributed by atoms with Gasteiger partial charge in [-0.15, -0.1) is 0 Å². The van der Waals surface area contributed by atoms with Crippen molar-refractivity contribution in [1.82, 2.24) is 4.90 Å². The maximum absolute atomic E-state index is 6.18. The van der Waals surface area contributed by atoms with Crippen molar-refractivity contribution in [3.63, 3.8) is 0 Å². The number of hydrogen-bond acceptors (Lipinski definition) is 2. The van der Waals surface area contributed by atoms with Crippen molar-refractivity contribution >= 4 is 0 Å². The van der Waals surface area contributed by atoms with Crippen LogP contribution in [0.15, 0.2) is 24.3 Å². The molecule has 0 aliphatic carbocycles. The molecule has 1 unspecified atom stereocenters. The zero-order chi connectivity index (χ0) is 12.0. The number of rotatable bonds is 6. The van der Waals surface area contributed by atoms with Gasteiger partial charge in [-0.2, -0.15) is 0 Å². The topological polar surface area (TPSA) is 29.3 Å². The van der Waals surface area contributed by atoms with E-state index in [1.165, 1.54) is 11.1 Å². The van der Waals surface area contributed by atoms with E-state index in [1.807, 2.05) is 0 Å². The van der Waals surface area contributed by atoms with Crippen LogP contribution in [0.5, 0.6) is 0 Å². The summed E-state index contributed by atoms with van der Waals surface area (Å²) in [5, 5.41) is 0. The standard InChI is InChI=1S/C14H24N2/c1-4-16(5-2)11-10-14(15)13-8-6-12(3)7-9-13/h6-9,14H,4-5,10-11,15H2,1-3H3. The molecule has 1 rings (SSSR count). The zero-order valence-corrected chi connectivity index (χ0v) is 10.7. The summed E-state index contributed by atoms with van der Waals surface area (Å²) in [5.41, 5.74) is 8.72. The highest BCUT2D eigenvalue weighted by molar-refractivity contribution is 5.23. The van der Waals surface area contributed by atoms with Crippen molar-refractivity contribution in [3.05, 3.63) is 35.4 Å². The van der Waals surface area contributed by atoms with Crippen molar-refractivity contribution in [1.29, 1.82) is 0 Å². The van der Waals surface area contributed by atoms with Gasteiger partial charge in [-0.1, -0.05) is 43.7 Å². The summed E-state index contributed by atoms with van der Waals surface area (Å²) >= 11 is 0. The van der Waals surface area contributed by atoms with Gasteiger partial charge in [0.2, 0.25) is 0 Å². The van der Waals surface area contributed by atoms with Crippen molar-refractivity contribution in [2.45, 2.75) is 33.2 Å². The number of benzene rings is 1. The lowest BCUT2D eigenvalue weighted by Crippen LogP contribution is -2.27. The highest BCUT2D eigenvalue weighted by Crippen LogP contribution is 2.15. The lowest BCUT2D eigenvalue weighted by atomic mass is 10.0. The molecule has 0 fully saturated rings. The number of hydrogen-bond donors (Lipinski definition) is 1. The molecule has 90 valence electrons. The van der Waals surface area contributed by atoms with Gasteiger partial charge in [-0.05, 0) is 38.5 Å². The van der Waals surface area contributed by atoms with Crippen LogP contribution < -0.4 is 5.73 Å². The Morgan fingerprint density at radius 3 is 2.19 bits per heavy atom. The molecular formula is C14H24N2. The van der Waals surface area contributed by atoms with E-state index in [9.17, 15) is 0 Å². The molecule has 0 amide bonds. The highest BCUT2D eigenvalue weighted by atomic mass is 15.1. The summed E-state index contributed by atoms with van der Waals surface area (Å²) in [4.78, 5) is 2.41. The fourth-order valence-corrected chi connectivity index (χ4v) is 1.84. The minimum atomic E-state index is 0.168. The van der Waals surface area contributed by atoms with Crippen LogP contribution in [0.4, 0.5) is 0 Å². The first kappa shape index (κ1) is 13.2. The molecule has 0 saturated carbocycles. The molecule has 0 aromatic heterocycles. The molecule has 0 spiro atoms. The third-order valence-electron chi connectivity index (χ3n) is 3.16. The molecule has 1 atom stereocenters. The third-order valence-corrected chi connectivity index (χ3v) is 3.16. The summed E-state index contributed by atoms with van der Waals surface area (Å²) in [7, 11) is 0. The number of nitrogens with two attached hydrogens (primary N) is 1. The fourth-order valence-electron chi connectivity index (χ4n) is 1.84. The van der Waals surface area contributed by atoms with Crippen LogP contribution in [-0.4, -0.2) is 24.5 Å². The predicted octanol–water partition coefficient (Wildman–Crippen LogP) is 2.73. The molecule has 0 saturated heterocycles. The van der Waals surface area contributed by atoms with Gasteiger partial charge in [0, 0.05) is 6.04 Å². The maximum atomic E-state index is 6.18. The van der Waals surface area contributed by atoms with Gasteiger partial charge in [-0.25, -0.2) is 0 Å². The molecular weight excluding hydrogens is 196 g/mol. The van der Waals surface area contributed by atoms with E-state index in [4.69, 9.17) is 5.73 Å². The normalized spacial score (nSPS) is 13.1. The van der Waals surface area contributed by atoms with Gasteiger partial charge in [0.25, 0.3) is 0 Å². The summed E-state index contributed by atoms with van der Waals surface area (Å²) in [5.74, 6) is 0. The zero-order valence-electron chi connectivity index (χ0n) is 10.7. The van der Waals surface area contributed by atoms with Crippen LogP contribution in [0.1, 0.15) is 37.4 Å². The van der Waals surface area contributed by atoms with E-state index in [0.717, 1.165) is 26.1 Å². The van der Waals surface area contributed by atoms with E-state index < -0.39 is 0 Å². The second-order valence-corrected chi connectivity index (χ2v) is 4.33. The Morgan fingerprint density at radius 2 is 1.69 bits per heavy atom. The second kappa shape index (κ2) is 6.66. The van der Waals surface area contributed by atoms with Gasteiger partial charge in [0.05, 0.1) is 0 Å². The van der Waals surface area contributed by atoms with Crippen molar-refractivity contribution in [2.24, 2.45) is 5.73 Å². The largest absolute Gasteiger partial charge is 0.324 e. The predicted molar refractivity (Wildman–Crippen MR) is 70.5 cm³/mol. The van der Waals surface area contributed by atoms with Gasteiger partial charge in [-0.3, -0.25) is 0 Å². The molecule has 2 N–H and O–H groups in total. The van der Waals surface area contributed by atoms with Crippen molar-refractivity contribution in [2.75, 3.05) is 19.6 Å². The Bertz CT molecular complexity index is 288. The van der Waals surface area contributed by atoms with Gasteiger partial charge >= 0.3 is 0 Å². The Labute approximate surface area is 99.5 Å². The van der Waals surface area contributed by atoms with Crippen molar-refractivity contribution < 1.29 is 0 Å². The minimum absolute atomic E-state index is 0.168. The summed E-state index contributed by atoms with van der Waals surface area (Å²) < 4.78 is 0. The van der Waals surface area contributed by atoms with Crippen LogP contribution in [0.25, 0.3) is 0 Å². The number of nitrogens with zero attached hydrogens (tertiary/aromatic N) is 1. The quantitative estimate of drug-likeness (QED) is 0.798. The smallest absolute Gasteiger partial charge is 0.0307 e.